The van der Waals surface area contributed by atoms with Gasteiger partial charge in [0.05, 0.1) is 0 Å². The SMILES string of the molecule is Cc1ccc2ccc3cc4c(ccc5ccc(C)cc54)cc3c2c1. The summed E-state index contributed by atoms with van der Waals surface area (Å²) in [7, 11) is 0. The third kappa shape index (κ3) is 1.93. The van der Waals surface area contributed by atoms with E-state index < -0.39 is 0 Å². The Bertz CT molecular complexity index is 1160. The lowest BCUT2D eigenvalue weighted by Gasteiger charge is -2.10. The summed E-state index contributed by atoms with van der Waals surface area (Å²) in [6, 6.07) is 27.1. The van der Waals surface area contributed by atoms with E-state index in [-0.39, 0.29) is 0 Å². The average molecular weight is 306 g/mol. The summed E-state index contributed by atoms with van der Waals surface area (Å²) in [4.78, 5) is 0. The summed E-state index contributed by atoms with van der Waals surface area (Å²) in [5.41, 5.74) is 2.62. The maximum absolute atomic E-state index is 2.36. The van der Waals surface area contributed by atoms with E-state index >= 15 is 0 Å². The van der Waals surface area contributed by atoms with Crippen LogP contribution in [0.4, 0.5) is 0 Å². The summed E-state index contributed by atoms with van der Waals surface area (Å²) >= 11 is 0. The zero-order valence-electron chi connectivity index (χ0n) is 13.9. The lowest BCUT2D eigenvalue weighted by molar-refractivity contribution is 1.51. The molecule has 0 fully saturated rings. The third-order valence-corrected chi connectivity index (χ3v) is 5.10. The predicted octanol–water partition coefficient (Wildman–Crippen LogP) is 6.92. The van der Waals surface area contributed by atoms with Gasteiger partial charge in [0.15, 0.2) is 0 Å². The molecule has 0 spiro atoms. The quantitative estimate of drug-likeness (QED) is 0.215. The molecule has 0 unspecified atom stereocenters. The summed E-state index contributed by atoms with van der Waals surface area (Å²) in [6.07, 6.45) is 0. The van der Waals surface area contributed by atoms with Gasteiger partial charge in [-0.3, -0.25) is 0 Å². The Hall–Kier alpha value is -2.86. The van der Waals surface area contributed by atoms with Crippen LogP contribution in [0.5, 0.6) is 0 Å². The van der Waals surface area contributed by atoms with Crippen molar-refractivity contribution in [3.8, 4) is 0 Å². The van der Waals surface area contributed by atoms with E-state index in [9.17, 15) is 0 Å². The summed E-state index contributed by atoms with van der Waals surface area (Å²) in [5.74, 6) is 0. The minimum Gasteiger partial charge on any atom is -0.0587 e. The standard InChI is InChI=1S/C24H18/c1-15-3-5-17-7-9-19-14-24-20(13-23(19)21(17)11-15)10-8-18-6-4-16(2)12-22(18)24/h3-14H,1-2H3. The van der Waals surface area contributed by atoms with Crippen molar-refractivity contribution in [2.24, 2.45) is 0 Å². The first-order valence-electron chi connectivity index (χ1n) is 8.45. The highest BCUT2D eigenvalue weighted by atomic mass is 14.1. The van der Waals surface area contributed by atoms with Gasteiger partial charge in [-0.15, -0.1) is 0 Å². The molecule has 0 radical (unpaired) electrons. The number of benzene rings is 5. The van der Waals surface area contributed by atoms with Crippen LogP contribution < -0.4 is 0 Å². The molecule has 0 saturated carbocycles. The molecular weight excluding hydrogens is 288 g/mol. The molecule has 0 bridgehead atoms. The van der Waals surface area contributed by atoms with Gasteiger partial charge in [0.2, 0.25) is 0 Å². The second kappa shape index (κ2) is 4.82. The Morgan fingerprint density at radius 1 is 0.375 bits per heavy atom. The van der Waals surface area contributed by atoms with Gasteiger partial charge in [0.1, 0.15) is 0 Å². The van der Waals surface area contributed by atoms with Gasteiger partial charge >= 0.3 is 0 Å². The fraction of sp³-hybridized carbons (Fsp3) is 0.0833. The molecule has 24 heavy (non-hydrogen) atoms. The van der Waals surface area contributed by atoms with E-state index in [1.54, 1.807) is 0 Å². The zero-order valence-corrected chi connectivity index (χ0v) is 13.9. The summed E-state index contributed by atoms with van der Waals surface area (Å²) in [6.45, 7) is 4.32. The third-order valence-electron chi connectivity index (χ3n) is 5.10. The van der Waals surface area contributed by atoms with Gasteiger partial charge in [0, 0.05) is 0 Å². The Kier molecular flexibility index (Phi) is 2.72. The molecule has 5 aromatic carbocycles. The van der Waals surface area contributed by atoms with Crippen molar-refractivity contribution >= 4 is 43.1 Å². The molecule has 5 aromatic rings. The molecule has 0 aliphatic rings. The Labute approximate surface area is 141 Å². The highest BCUT2D eigenvalue weighted by molar-refractivity contribution is 6.17. The molecule has 5 rings (SSSR count). The molecule has 114 valence electrons. The lowest BCUT2D eigenvalue weighted by atomic mass is 9.94. The van der Waals surface area contributed by atoms with Crippen LogP contribution in [-0.4, -0.2) is 0 Å². The Morgan fingerprint density at radius 3 is 1.17 bits per heavy atom. The van der Waals surface area contributed by atoms with Crippen LogP contribution in [0.2, 0.25) is 0 Å². The molecule has 0 amide bonds. The molecule has 0 atom stereocenters. The molecule has 0 aromatic heterocycles. The molecule has 0 N–H and O–H groups in total. The fourth-order valence-corrected chi connectivity index (χ4v) is 3.83. The van der Waals surface area contributed by atoms with E-state index in [1.807, 2.05) is 0 Å². The monoisotopic (exact) mass is 306 g/mol. The first-order valence-corrected chi connectivity index (χ1v) is 8.45. The number of aryl methyl sites for hydroxylation is 2. The molecule has 0 nitrogen and oxygen atoms in total. The second-order valence-corrected chi connectivity index (χ2v) is 6.87. The van der Waals surface area contributed by atoms with E-state index in [0.717, 1.165) is 0 Å². The van der Waals surface area contributed by atoms with Crippen molar-refractivity contribution in [3.63, 3.8) is 0 Å². The van der Waals surface area contributed by atoms with Crippen LogP contribution >= 0.6 is 0 Å². The summed E-state index contributed by atoms with van der Waals surface area (Å²) < 4.78 is 0. The molecule has 0 heterocycles. The van der Waals surface area contributed by atoms with Crippen LogP contribution in [-0.2, 0) is 0 Å². The first kappa shape index (κ1) is 13.6. The first-order chi connectivity index (χ1) is 11.7. The van der Waals surface area contributed by atoms with Gasteiger partial charge in [0.25, 0.3) is 0 Å². The van der Waals surface area contributed by atoms with Crippen molar-refractivity contribution < 1.29 is 0 Å². The average Bonchev–Trinajstić information content (AvgIpc) is 2.60. The molecule has 0 aliphatic carbocycles. The van der Waals surface area contributed by atoms with Crippen LogP contribution in [0.25, 0.3) is 43.1 Å². The Balaban J connectivity index is 1.98. The van der Waals surface area contributed by atoms with Gasteiger partial charge in [-0.05, 0) is 69.1 Å². The van der Waals surface area contributed by atoms with Crippen molar-refractivity contribution in [3.05, 3.63) is 83.9 Å². The minimum atomic E-state index is 1.31. The number of fused-ring (bicyclic) bond motifs is 6. The molecule has 0 saturated heterocycles. The van der Waals surface area contributed by atoms with Crippen LogP contribution in [0.3, 0.4) is 0 Å². The maximum Gasteiger partial charge on any atom is -0.00989 e. The predicted molar refractivity (Wildman–Crippen MR) is 106 cm³/mol. The van der Waals surface area contributed by atoms with Crippen LogP contribution in [0.15, 0.2) is 72.8 Å². The summed E-state index contributed by atoms with van der Waals surface area (Å²) in [5, 5.41) is 10.6. The van der Waals surface area contributed by atoms with E-state index in [4.69, 9.17) is 0 Å². The van der Waals surface area contributed by atoms with Crippen molar-refractivity contribution in [1.82, 2.24) is 0 Å². The highest BCUT2D eigenvalue weighted by Gasteiger charge is 2.06. The van der Waals surface area contributed by atoms with Crippen LogP contribution in [0.1, 0.15) is 11.1 Å². The van der Waals surface area contributed by atoms with E-state index in [2.05, 4.69) is 86.6 Å². The van der Waals surface area contributed by atoms with Gasteiger partial charge < -0.3 is 0 Å². The smallest absolute Gasteiger partial charge is 0.00989 e. The van der Waals surface area contributed by atoms with Gasteiger partial charge in [-0.1, -0.05) is 71.8 Å². The zero-order chi connectivity index (χ0) is 16.3. The van der Waals surface area contributed by atoms with E-state index in [1.165, 1.54) is 54.2 Å². The Morgan fingerprint density at radius 2 is 0.708 bits per heavy atom. The van der Waals surface area contributed by atoms with Crippen molar-refractivity contribution in [2.45, 2.75) is 13.8 Å². The number of hydrogen-bond donors (Lipinski definition) is 0. The van der Waals surface area contributed by atoms with Crippen molar-refractivity contribution in [2.75, 3.05) is 0 Å². The number of hydrogen-bond acceptors (Lipinski definition) is 0. The lowest BCUT2D eigenvalue weighted by Crippen LogP contribution is -1.83. The van der Waals surface area contributed by atoms with Gasteiger partial charge in [-0.2, -0.15) is 0 Å². The molecule has 0 heteroatoms. The van der Waals surface area contributed by atoms with Gasteiger partial charge in [-0.25, -0.2) is 0 Å². The van der Waals surface area contributed by atoms with Crippen LogP contribution in [0, 0.1) is 13.8 Å². The maximum atomic E-state index is 2.36. The molecular formula is C24H18. The van der Waals surface area contributed by atoms with E-state index in [0.29, 0.717) is 0 Å². The second-order valence-electron chi connectivity index (χ2n) is 6.87. The largest absolute Gasteiger partial charge is 0.0587 e. The highest BCUT2D eigenvalue weighted by Crippen LogP contribution is 2.33. The number of rotatable bonds is 0. The van der Waals surface area contributed by atoms with Crippen molar-refractivity contribution in [1.29, 1.82) is 0 Å². The fourth-order valence-electron chi connectivity index (χ4n) is 3.83. The normalized spacial score (nSPS) is 11.8. The topological polar surface area (TPSA) is 0 Å². The minimum absolute atomic E-state index is 1.31. The molecule has 0 aliphatic heterocycles.